The van der Waals surface area contributed by atoms with Crippen molar-refractivity contribution in [2.24, 2.45) is 0 Å². The van der Waals surface area contributed by atoms with E-state index in [-0.39, 0.29) is 18.0 Å². The van der Waals surface area contributed by atoms with Crippen molar-refractivity contribution in [3.8, 4) is 22.6 Å². The molecule has 0 bridgehead atoms. The minimum absolute atomic E-state index is 0.0159. The fourth-order valence-electron chi connectivity index (χ4n) is 4.42. The van der Waals surface area contributed by atoms with E-state index in [2.05, 4.69) is 44.5 Å². The summed E-state index contributed by atoms with van der Waals surface area (Å²) in [5.41, 5.74) is 0.282. The van der Waals surface area contributed by atoms with Crippen LogP contribution in [0.2, 0.25) is 25.7 Å². The van der Waals surface area contributed by atoms with E-state index in [9.17, 15) is 12.8 Å². The number of aryl methyl sites for hydroxylation is 2. The molecule has 4 heterocycles. The van der Waals surface area contributed by atoms with Gasteiger partial charge in [-0.1, -0.05) is 25.7 Å². The van der Waals surface area contributed by atoms with Gasteiger partial charge in [0.1, 0.15) is 41.1 Å². The number of pyridine rings is 2. The molecule has 0 saturated carbocycles. The second kappa shape index (κ2) is 11.5. The molecule has 1 aromatic carbocycles. The van der Waals surface area contributed by atoms with Crippen molar-refractivity contribution in [2.45, 2.75) is 51.2 Å². The van der Waals surface area contributed by atoms with Crippen molar-refractivity contribution < 1.29 is 26.3 Å². The van der Waals surface area contributed by atoms with Crippen molar-refractivity contribution in [3.63, 3.8) is 0 Å². The van der Waals surface area contributed by atoms with Gasteiger partial charge in [0, 0.05) is 26.4 Å². The number of halogens is 3. The van der Waals surface area contributed by atoms with Crippen molar-refractivity contribution in [1.29, 1.82) is 0 Å². The van der Waals surface area contributed by atoms with Gasteiger partial charge in [0.2, 0.25) is 0 Å². The minimum Gasteiger partial charge on any atom is -0.361 e. The zero-order valence-electron chi connectivity index (χ0n) is 24.2. The summed E-state index contributed by atoms with van der Waals surface area (Å²) in [4.78, 5) is 7.72. The van der Waals surface area contributed by atoms with Gasteiger partial charge < -0.3 is 9.14 Å². The summed E-state index contributed by atoms with van der Waals surface area (Å²) in [7, 11) is -5.69. The van der Waals surface area contributed by atoms with Crippen LogP contribution < -0.4 is 4.72 Å². The summed E-state index contributed by atoms with van der Waals surface area (Å²) in [6, 6.07) is 6.83. The van der Waals surface area contributed by atoms with Gasteiger partial charge in [-0.2, -0.15) is 0 Å². The van der Waals surface area contributed by atoms with Gasteiger partial charge in [-0.25, -0.2) is 26.6 Å². The second-order valence-electron chi connectivity index (χ2n) is 11.3. The Bertz CT molecular complexity index is 1940. The number of hydrogen-bond donors (Lipinski definition) is 1. The molecule has 1 N–H and O–H groups in total. The molecule has 0 unspecified atom stereocenters. The first-order valence-electron chi connectivity index (χ1n) is 13.3. The Hall–Kier alpha value is -4.08. The van der Waals surface area contributed by atoms with E-state index < -0.39 is 51.7 Å². The molecule has 0 saturated heterocycles. The van der Waals surface area contributed by atoms with Crippen LogP contribution in [-0.2, 0) is 21.5 Å². The summed E-state index contributed by atoms with van der Waals surface area (Å²) in [6.07, 6.45) is 3.83. The van der Waals surface area contributed by atoms with Gasteiger partial charge in [0.25, 0.3) is 10.0 Å². The first-order chi connectivity index (χ1) is 20.2. The van der Waals surface area contributed by atoms with Crippen molar-refractivity contribution in [3.05, 3.63) is 78.0 Å². The lowest BCUT2D eigenvalue weighted by Crippen LogP contribution is -2.22. The molecule has 0 aliphatic carbocycles. The topological polar surface area (TPSA) is 116 Å². The van der Waals surface area contributed by atoms with Crippen LogP contribution in [0.25, 0.3) is 28.2 Å². The summed E-state index contributed by atoms with van der Waals surface area (Å²) >= 11 is 0. The SMILES string of the molecule is Cc1ncc(F)cc1S(=O)(=O)Nc1ccc(F)c(-c2ccc3c(-c4nnc(C)n4COCC[Si](C)(C)C)ncn3c2)c1F. The molecule has 226 valence electrons. The highest BCUT2D eigenvalue weighted by molar-refractivity contribution is 7.92. The minimum atomic E-state index is -4.43. The Balaban J connectivity index is 1.46. The van der Waals surface area contributed by atoms with E-state index >= 15 is 8.78 Å². The predicted molar refractivity (Wildman–Crippen MR) is 158 cm³/mol. The van der Waals surface area contributed by atoms with Crippen molar-refractivity contribution in [2.75, 3.05) is 11.3 Å². The third kappa shape index (κ3) is 6.33. The van der Waals surface area contributed by atoms with Gasteiger partial charge in [0.05, 0.1) is 28.7 Å². The number of rotatable bonds is 10. The molecule has 0 radical (unpaired) electrons. The maximum atomic E-state index is 15.7. The van der Waals surface area contributed by atoms with E-state index in [0.717, 1.165) is 30.4 Å². The summed E-state index contributed by atoms with van der Waals surface area (Å²) < 4.78 is 81.6. The van der Waals surface area contributed by atoms with Crippen molar-refractivity contribution in [1.82, 2.24) is 29.1 Å². The summed E-state index contributed by atoms with van der Waals surface area (Å²) in [5.74, 6) is -1.79. The quantitative estimate of drug-likeness (QED) is 0.153. The molecular weight excluding hydrogens is 600 g/mol. The van der Waals surface area contributed by atoms with E-state index in [1.165, 1.54) is 25.5 Å². The van der Waals surface area contributed by atoms with E-state index in [1.54, 1.807) is 10.5 Å². The molecule has 0 fully saturated rings. The Morgan fingerprint density at radius 2 is 1.79 bits per heavy atom. The highest BCUT2D eigenvalue weighted by Gasteiger charge is 2.24. The third-order valence-corrected chi connectivity index (χ3v) is 10.0. The fourth-order valence-corrected chi connectivity index (χ4v) is 6.45. The maximum Gasteiger partial charge on any atom is 0.263 e. The van der Waals surface area contributed by atoms with Crippen LogP contribution in [-0.4, -0.2) is 52.2 Å². The molecule has 5 rings (SSSR count). The number of aromatic nitrogens is 6. The number of ether oxygens (including phenoxy) is 1. The lowest BCUT2D eigenvalue weighted by Gasteiger charge is -2.16. The molecular formula is C28H30F3N7O3SSi. The number of nitrogens with zero attached hydrogens (tertiary/aromatic N) is 6. The normalized spacial score (nSPS) is 12.3. The number of hydrogen-bond acceptors (Lipinski definition) is 7. The smallest absolute Gasteiger partial charge is 0.263 e. The number of fused-ring (bicyclic) bond motifs is 1. The van der Waals surface area contributed by atoms with E-state index in [1.807, 2.05) is 11.5 Å². The van der Waals surface area contributed by atoms with Crippen LogP contribution in [0.1, 0.15) is 11.5 Å². The van der Waals surface area contributed by atoms with Crippen LogP contribution in [0.4, 0.5) is 18.9 Å². The molecule has 10 nitrogen and oxygen atoms in total. The van der Waals surface area contributed by atoms with Gasteiger partial charge in [-0.05, 0) is 44.2 Å². The number of nitrogens with one attached hydrogen (secondary N) is 1. The average molecular weight is 630 g/mol. The Kier molecular flexibility index (Phi) is 8.15. The van der Waals surface area contributed by atoms with Gasteiger partial charge in [-0.15, -0.1) is 10.2 Å². The Labute approximate surface area is 247 Å². The Morgan fingerprint density at radius 3 is 2.53 bits per heavy atom. The number of benzene rings is 1. The first kappa shape index (κ1) is 30.4. The second-order valence-corrected chi connectivity index (χ2v) is 18.5. The first-order valence-corrected chi connectivity index (χ1v) is 18.5. The van der Waals surface area contributed by atoms with Crippen LogP contribution in [0.3, 0.4) is 0 Å². The van der Waals surface area contributed by atoms with Crippen LogP contribution in [0, 0.1) is 31.3 Å². The molecule has 0 aliphatic heterocycles. The van der Waals surface area contributed by atoms with E-state index in [0.29, 0.717) is 29.5 Å². The lowest BCUT2D eigenvalue weighted by atomic mass is 10.0. The molecule has 0 amide bonds. The average Bonchev–Trinajstić information content (AvgIpc) is 3.51. The molecule has 0 atom stereocenters. The summed E-state index contributed by atoms with van der Waals surface area (Å²) in [5, 5.41) is 8.46. The number of imidazole rings is 1. The van der Waals surface area contributed by atoms with Gasteiger partial charge in [-0.3, -0.25) is 14.3 Å². The zero-order valence-corrected chi connectivity index (χ0v) is 26.0. The maximum absolute atomic E-state index is 15.7. The summed E-state index contributed by atoms with van der Waals surface area (Å²) in [6.45, 7) is 10.9. The molecule has 0 spiro atoms. The van der Waals surface area contributed by atoms with Gasteiger partial charge in [0.15, 0.2) is 11.6 Å². The standard InChI is InChI=1S/C28H30F3N7O3SSi/c1-17-24(12-20(29)13-32-17)42(39,40)36-22-8-7-21(30)25(26(22)31)19-6-9-23-27(33-15-37(23)14-19)28-35-34-18(2)38(28)16-41-10-11-43(3,4)5/h6-9,12-15,36H,10-11,16H2,1-5H3. The molecule has 0 aliphatic rings. The Morgan fingerprint density at radius 1 is 1.02 bits per heavy atom. The van der Waals surface area contributed by atoms with Crippen molar-refractivity contribution >= 4 is 29.3 Å². The van der Waals surface area contributed by atoms with Crippen LogP contribution >= 0.6 is 0 Å². The number of anilines is 1. The highest BCUT2D eigenvalue weighted by Crippen LogP contribution is 2.33. The third-order valence-electron chi connectivity index (χ3n) is 6.82. The molecule has 5 aromatic rings. The fraction of sp³-hybridized carbons (Fsp3) is 0.286. The van der Waals surface area contributed by atoms with Crippen LogP contribution in [0.15, 0.2) is 53.9 Å². The lowest BCUT2D eigenvalue weighted by molar-refractivity contribution is 0.0866. The molecule has 15 heteroatoms. The monoisotopic (exact) mass is 629 g/mol. The largest absolute Gasteiger partial charge is 0.361 e. The molecule has 4 aromatic heterocycles. The van der Waals surface area contributed by atoms with Gasteiger partial charge >= 0.3 is 0 Å². The van der Waals surface area contributed by atoms with Crippen LogP contribution in [0.5, 0.6) is 0 Å². The zero-order chi connectivity index (χ0) is 31.1. The predicted octanol–water partition coefficient (Wildman–Crippen LogP) is 5.80. The van der Waals surface area contributed by atoms with E-state index in [4.69, 9.17) is 4.74 Å². The number of sulfonamides is 1. The molecule has 43 heavy (non-hydrogen) atoms. The highest BCUT2D eigenvalue weighted by atomic mass is 32.2.